The van der Waals surface area contributed by atoms with Crippen molar-refractivity contribution in [2.45, 2.75) is 45.4 Å². The Bertz CT molecular complexity index is 454. The SMILES string of the molecule is CC1(C)OB(c2ccn(CC(N)=O)n2)OC1(C)C. The van der Waals surface area contributed by atoms with Crippen LogP contribution in [0.3, 0.4) is 0 Å². The van der Waals surface area contributed by atoms with Gasteiger partial charge in [-0.2, -0.15) is 5.10 Å². The van der Waals surface area contributed by atoms with Gasteiger partial charge in [-0.25, -0.2) is 0 Å². The van der Waals surface area contributed by atoms with Crippen molar-refractivity contribution in [1.29, 1.82) is 0 Å². The van der Waals surface area contributed by atoms with Crippen LogP contribution in [-0.4, -0.2) is 34.0 Å². The number of rotatable bonds is 3. The van der Waals surface area contributed by atoms with Gasteiger partial charge in [0, 0.05) is 6.20 Å². The summed E-state index contributed by atoms with van der Waals surface area (Å²) in [5, 5.41) is 4.23. The lowest BCUT2D eigenvalue weighted by Crippen LogP contribution is -2.41. The van der Waals surface area contributed by atoms with Crippen LogP contribution in [0.1, 0.15) is 27.7 Å². The molecule has 2 heterocycles. The van der Waals surface area contributed by atoms with Crippen LogP contribution in [0.2, 0.25) is 0 Å². The van der Waals surface area contributed by atoms with E-state index in [1.807, 2.05) is 27.7 Å². The molecule has 0 atom stereocenters. The zero-order chi connectivity index (χ0) is 13.6. The van der Waals surface area contributed by atoms with E-state index < -0.39 is 24.2 Å². The van der Waals surface area contributed by atoms with Gasteiger partial charge in [0.2, 0.25) is 5.91 Å². The van der Waals surface area contributed by atoms with Crippen LogP contribution in [-0.2, 0) is 20.6 Å². The standard InChI is InChI=1S/C11H18BN3O3/c1-10(2)11(3,4)18-12(17-10)8-5-6-15(14-8)7-9(13)16/h5-6H,7H2,1-4H3,(H2,13,16). The lowest BCUT2D eigenvalue weighted by molar-refractivity contribution is -0.118. The summed E-state index contributed by atoms with van der Waals surface area (Å²) in [6, 6.07) is 1.77. The molecule has 98 valence electrons. The molecule has 7 heteroatoms. The highest BCUT2D eigenvalue weighted by Crippen LogP contribution is 2.36. The predicted molar refractivity (Wildman–Crippen MR) is 67.1 cm³/mol. The second-order valence-electron chi connectivity index (χ2n) is 5.49. The highest BCUT2D eigenvalue weighted by Gasteiger charge is 2.52. The van der Waals surface area contributed by atoms with Crippen molar-refractivity contribution < 1.29 is 14.1 Å². The molecule has 0 aromatic carbocycles. The fourth-order valence-electron chi connectivity index (χ4n) is 1.71. The Morgan fingerprint density at radius 2 is 1.94 bits per heavy atom. The number of hydrogen-bond acceptors (Lipinski definition) is 4. The maximum Gasteiger partial charge on any atom is 0.516 e. The highest BCUT2D eigenvalue weighted by atomic mass is 16.7. The van der Waals surface area contributed by atoms with E-state index in [0.717, 1.165) is 0 Å². The summed E-state index contributed by atoms with van der Waals surface area (Å²) in [5.41, 5.74) is 4.96. The molecule has 1 amide bonds. The molecule has 2 rings (SSSR count). The molecule has 2 N–H and O–H groups in total. The molecule has 1 aromatic rings. The molecular weight excluding hydrogens is 233 g/mol. The average molecular weight is 251 g/mol. The predicted octanol–water partition coefficient (Wildman–Crippen LogP) is -0.332. The van der Waals surface area contributed by atoms with Gasteiger partial charge in [-0.1, -0.05) is 0 Å². The first-order valence-electron chi connectivity index (χ1n) is 5.88. The Labute approximate surface area is 107 Å². The van der Waals surface area contributed by atoms with Crippen molar-refractivity contribution in [3.63, 3.8) is 0 Å². The molecule has 0 bridgehead atoms. The molecule has 0 spiro atoms. The van der Waals surface area contributed by atoms with Crippen molar-refractivity contribution in [1.82, 2.24) is 9.78 Å². The van der Waals surface area contributed by atoms with Gasteiger partial charge in [0.1, 0.15) is 6.54 Å². The number of carbonyl (C=O) groups is 1. The van der Waals surface area contributed by atoms with E-state index >= 15 is 0 Å². The zero-order valence-electron chi connectivity index (χ0n) is 11.1. The number of primary amides is 1. The van der Waals surface area contributed by atoms with Gasteiger partial charge in [0.05, 0.1) is 16.8 Å². The number of hydrogen-bond donors (Lipinski definition) is 1. The number of nitrogens with zero attached hydrogens (tertiary/aromatic N) is 2. The molecule has 1 aliphatic rings. The number of nitrogens with two attached hydrogens (primary N) is 1. The van der Waals surface area contributed by atoms with Gasteiger partial charge < -0.3 is 15.0 Å². The first-order chi connectivity index (χ1) is 8.21. The van der Waals surface area contributed by atoms with E-state index in [1.165, 1.54) is 4.68 Å². The van der Waals surface area contributed by atoms with Gasteiger partial charge in [0.15, 0.2) is 0 Å². The molecule has 1 saturated heterocycles. The highest BCUT2D eigenvalue weighted by molar-refractivity contribution is 6.61. The molecule has 6 nitrogen and oxygen atoms in total. The second-order valence-corrected chi connectivity index (χ2v) is 5.49. The van der Waals surface area contributed by atoms with E-state index in [-0.39, 0.29) is 6.54 Å². The Morgan fingerprint density at radius 1 is 1.39 bits per heavy atom. The average Bonchev–Trinajstić information content (AvgIpc) is 2.70. The van der Waals surface area contributed by atoms with Crippen LogP contribution >= 0.6 is 0 Å². The molecule has 18 heavy (non-hydrogen) atoms. The Balaban J connectivity index is 2.15. The summed E-state index contributed by atoms with van der Waals surface area (Å²) in [4.78, 5) is 10.8. The van der Waals surface area contributed by atoms with E-state index in [2.05, 4.69) is 5.10 Å². The van der Waals surface area contributed by atoms with Gasteiger partial charge in [-0.15, -0.1) is 0 Å². The van der Waals surface area contributed by atoms with Crippen LogP contribution in [0, 0.1) is 0 Å². The van der Waals surface area contributed by atoms with Crippen molar-refractivity contribution in [2.24, 2.45) is 5.73 Å². The maximum atomic E-state index is 10.8. The quantitative estimate of drug-likeness (QED) is 0.746. The molecule has 0 saturated carbocycles. The molecular formula is C11H18BN3O3. The first kappa shape index (κ1) is 13.1. The van der Waals surface area contributed by atoms with Crippen LogP contribution < -0.4 is 11.3 Å². The Hall–Kier alpha value is -1.34. The fourth-order valence-corrected chi connectivity index (χ4v) is 1.71. The van der Waals surface area contributed by atoms with E-state index in [0.29, 0.717) is 5.59 Å². The van der Waals surface area contributed by atoms with Crippen molar-refractivity contribution in [2.75, 3.05) is 0 Å². The second kappa shape index (κ2) is 4.10. The van der Waals surface area contributed by atoms with Crippen LogP contribution in [0.4, 0.5) is 0 Å². The zero-order valence-corrected chi connectivity index (χ0v) is 11.1. The Morgan fingerprint density at radius 3 is 2.44 bits per heavy atom. The fraction of sp³-hybridized carbons (Fsp3) is 0.636. The van der Waals surface area contributed by atoms with E-state index in [4.69, 9.17) is 15.0 Å². The minimum Gasteiger partial charge on any atom is -0.398 e. The monoisotopic (exact) mass is 251 g/mol. The topological polar surface area (TPSA) is 79.4 Å². The summed E-state index contributed by atoms with van der Waals surface area (Å²) in [7, 11) is -0.510. The van der Waals surface area contributed by atoms with Gasteiger partial charge >= 0.3 is 7.12 Å². The third-order valence-corrected chi connectivity index (χ3v) is 3.47. The van der Waals surface area contributed by atoms with Gasteiger partial charge in [-0.05, 0) is 33.8 Å². The van der Waals surface area contributed by atoms with Crippen molar-refractivity contribution in [3.05, 3.63) is 12.3 Å². The van der Waals surface area contributed by atoms with E-state index in [9.17, 15) is 4.79 Å². The number of carbonyl (C=O) groups excluding carboxylic acids is 1. The lowest BCUT2D eigenvalue weighted by Gasteiger charge is -2.32. The molecule has 1 fully saturated rings. The molecule has 0 radical (unpaired) electrons. The first-order valence-corrected chi connectivity index (χ1v) is 5.88. The van der Waals surface area contributed by atoms with Crippen molar-refractivity contribution in [3.8, 4) is 0 Å². The summed E-state index contributed by atoms with van der Waals surface area (Å²) in [6.45, 7) is 7.97. The Kier molecular flexibility index (Phi) is 2.99. The molecule has 0 aliphatic carbocycles. The summed E-state index contributed by atoms with van der Waals surface area (Å²) in [5.74, 6) is -0.432. The minimum absolute atomic E-state index is 0.0551. The number of amides is 1. The molecule has 0 unspecified atom stereocenters. The van der Waals surface area contributed by atoms with Gasteiger partial charge in [-0.3, -0.25) is 9.48 Å². The van der Waals surface area contributed by atoms with Gasteiger partial charge in [0.25, 0.3) is 0 Å². The molecule has 1 aromatic heterocycles. The smallest absolute Gasteiger partial charge is 0.398 e. The summed E-state index contributed by atoms with van der Waals surface area (Å²) < 4.78 is 13.2. The normalized spacial score (nSPS) is 21.2. The van der Waals surface area contributed by atoms with Crippen LogP contribution in [0.5, 0.6) is 0 Å². The van der Waals surface area contributed by atoms with Crippen LogP contribution in [0.25, 0.3) is 0 Å². The lowest BCUT2D eigenvalue weighted by atomic mass is 9.85. The van der Waals surface area contributed by atoms with Crippen LogP contribution in [0.15, 0.2) is 12.3 Å². The maximum absolute atomic E-state index is 10.8. The molecule has 1 aliphatic heterocycles. The largest absolute Gasteiger partial charge is 0.516 e. The summed E-state index contributed by atoms with van der Waals surface area (Å²) >= 11 is 0. The van der Waals surface area contributed by atoms with Crippen molar-refractivity contribution >= 4 is 18.6 Å². The van der Waals surface area contributed by atoms with E-state index in [1.54, 1.807) is 12.3 Å². The minimum atomic E-state index is -0.510. The third kappa shape index (κ3) is 2.28. The number of aromatic nitrogens is 2. The third-order valence-electron chi connectivity index (χ3n) is 3.47. The summed E-state index contributed by atoms with van der Waals surface area (Å²) in [6.07, 6.45) is 1.69.